The van der Waals surface area contributed by atoms with E-state index in [1.165, 1.54) is 50.8 Å². The lowest BCUT2D eigenvalue weighted by Crippen LogP contribution is -2.45. The van der Waals surface area contributed by atoms with Gasteiger partial charge in [0.25, 0.3) is 0 Å². The number of nitrogens with zero attached hydrogens (tertiary/aromatic N) is 1. The monoisotopic (exact) mass is 308 g/mol. The smallest absolute Gasteiger partial charge is 0.0239 e. The topological polar surface area (TPSA) is 15.3 Å². The Hall–Kier alpha value is -0.380. The van der Waals surface area contributed by atoms with Gasteiger partial charge >= 0.3 is 0 Å². The Morgan fingerprint density at radius 3 is 2.76 bits per heavy atom. The molecular formula is C18H32N2S. The Balaban J connectivity index is 1.91. The van der Waals surface area contributed by atoms with E-state index in [1.54, 1.807) is 11.3 Å². The lowest BCUT2D eigenvalue weighted by molar-refractivity contribution is 0.0960. The van der Waals surface area contributed by atoms with E-state index in [9.17, 15) is 0 Å². The largest absolute Gasteiger partial charge is 0.316 e. The minimum Gasteiger partial charge on any atom is -0.316 e. The van der Waals surface area contributed by atoms with Crippen molar-refractivity contribution < 1.29 is 0 Å². The molecule has 0 spiro atoms. The van der Waals surface area contributed by atoms with E-state index >= 15 is 0 Å². The molecule has 0 radical (unpaired) electrons. The van der Waals surface area contributed by atoms with Crippen LogP contribution in [-0.4, -0.2) is 31.6 Å². The van der Waals surface area contributed by atoms with E-state index < -0.39 is 0 Å². The van der Waals surface area contributed by atoms with Gasteiger partial charge in [0.1, 0.15) is 0 Å². The van der Waals surface area contributed by atoms with Crippen LogP contribution < -0.4 is 5.32 Å². The van der Waals surface area contributed by atoms with Crippen molar-refractivity contribution in [2.24, 2.45) is 11.3 Å². The number of hydrogen-bond acceptors (Lipinski definition) is 3. The number of hydrogen-bond donors (Lipinski definition) is 1. The first-order chi connectivity index (χ1) is 10.1. The molecule has 21 heavy (non-hydrogen) atoms. The molecule has 1 aromatic rings. The lowest BCUT2D eigenvalue weighted by atomic mass is 9.70. The van der Waals surface area contributed by atoms with Gasteiger partial charge in [-0.05, 0) is 66.6 Å². The minimum atomic E-state index is 0.493. The Morgan fingerprint density at radius 2 is 2.14 bits per heavy atom. The van der Waals surface area contributed by atoms with Crippen molar-refractivity contribution in [3.63, 3.8) is 0 Å². The van der Waals surface area contributed by atoms with Gasteiger partial charge in [-0.3, -0.25) is 0 Å². The van der Waals surface area contributed by atoms with Crippen LogP contribution in [0.5, 0.6) is 0 Å². The maximum Gasteiger partial charge on any atom is 0.0239 e. The van der Waals surface area contributed by atoms with E-state index in [0.29, 0.717) is 5.41 Å². The molecule has 1 aromatic heterocycles. The van der Waals surface area contributed by atoms with Crippen molar-refractivity contribution in [3.05, 3.63) is 22.4 Å². The second kappa shape index (κ2) is 8.30. The van der Waals surface area contributed by atoms with Gasteiger partial charge in [-0.1, -0.05) is 26.7 Å². The van der Waals surface area contributed by atoms with Gasteiger partial charge in [-0.25, -0.2) is 0 Å². The van der Waals surface area contributed by atoms with Crippen LogP contribution >= 0.6 is 11.3 Å². The summed E-state index contributed by atoms with van der Waals surface area (Å²) in [6.07, 6.45) is 6.81. The Morgan fingerprint density at radius 1 is 1.38 bits per heavy atom. The zero-order chi connectivity index (χ0) is 15.1. The maximum atomic E-state index is 3.70. The highest BCUT2D eigenvalue weighted by Gasteiger charge is 2.34. The van der Waals surface area contributed by atoms with Gasteiger partial charge in [-0.15, -0.1) is 0 Å². The summed E-state index contributed by atoms with van der Waals surface area (Å²) in [7, 11) is 2.29. The highest BCUT2D eigenvalue weighted by Crippen LogP contribution is 2.39. The molecule has 0 amide bonds. The van der Waals surface area contributed by atoms with Crippen molar-refractivity contribution in [1.29, 1.82) is 0 Å². The summed E-state index contributed by atoms with van der Waals surface area (Å²) >= 11 is 1.80. The Labute approximate surface area is 134 Å². The summed E-state index contributed by atoms with van der Waals surface area (Å²) < 4.78 is 0. The highest BCUT2D eigenvalue weighted by molar-refractivity contribution is 7.07. The maximum absolute atomic E-state index is 3.70. The van der Waals surface area contributed by atoms with Gasteiger partial charge in [0, 0.05) is 19.6 Å². The summed E-state index contributed by atoms with van der Waals surface area (Å²) in [6, 6.07) is 2.26. The third-order valence-electron chi connectivity index (χ3n) is 4.90. The molecule has 1 heterocycles. The normalized spacial score (nSPS) is 26.4. The summed E-state index contributed by atoms with van der Waals surface area (Å²) in [5.74, 6) is 0.923. The lowest BCUT2D eigenvalue weighted by Gasteiger charge is -2.42. The van der Waals surface area contributed by atoms with Crippen molar-refractivity contribution in [2.75, 3.05) is 26.7 Å². The van der Waals surface area contributed by atoms with Crippen LogP contribution in [0, 0.1) is 11.3 Å². The third kappa shape index (κ3) is 5.39. The first-order valence-electron chi connectivity index (χ1n) is 8.54. The molecule has 0 aromatic carbocycles. The molecule has 0 aliphatic heterocycles. The van der Waals surface area contributed by atoms with E-state index in [4.69, 9.17) is 0 Å². The van der Waals surface area contributed by atoms with E-state index in [-0.39, 0.29) is 0 Å². The SMILES string of the molecule is CCCNCC1(CN(C)Cc2ccsc2)CCC(C)CC1. The molecule has 0 bridgehead atoms. The Kier molecular flexibility index (Phi) is 6.72. The second-order valence-electron chi connectivity index (χ2n) is 7.16. The summed E-state index contributed by atoms with van der Waals surface area (Å²) in [5.41, 5.74) is 1.95. The average molecular weight is 309 g/mol. The molecule has 1 aliphatic carbocycles. The van der Waals surface area contributed by atoms with Crippen molar-refractivity contribution >= 4 is 11.3 Å². The molecule has 2 nitrogen and oxygen atoms in total. The minimum absolute atomic E-state index is 0.493. The molecule has 2 rings (SSSR count). The first kappa shape index (κ1) is 17.0. The molecule has 0 atom stereocenters. The predicted octanol–water partition coefficient (Wildman–Crippen LogP) is 4.38. The van der Waals surface area contributed by atoms with E-state index in [1.807, 2.05) is 0 Å². The van der Waals surface area contributed by atoms with Crippen LogP contribution in [-0.2, 0) is 6.54 Å². The number of rotatable bonds is 8. The fourth-order valence-electron chi connectivity index (χ4n) is 3.62. The zero-order valence-corrected chi connectivity index (χ0v) is 14.8. The van der Waals surface area contributed by atoms with Crippen LogP contribution in [0.3, 0.4) is 0 Å². The summed E-state index contributed by atoms with van der Waals surface area (Å²) in [4.78, 5) is 2.53. The molecule has 120 valence electrons. The Bertz CT molecular complexity index is 380. The van der Waals surface area contributed by atoms with Crippen LogP contribution in [0.15, 0.2) is 16.8 Å². The molecule has 1 aliphatic rings. The molecule has 1 fully saturated rings. The summed E-state index contributed by atoms with van der Waals surface area (Å²) in [6.45, 7) is 9.34. The third-order valence-corrected chi connectivity index (χ3v) is 5.63. The molecule has 0 unspecified atom stereocenters. The van der Waals surface area contributed by atoms with Crippen molar-refractivity contribution in [2.45, 2.75) is 52.5 Å². The van der Waals surface area contributed by atoms with Crippen LogP contribution in [0.4, 0.5) is 0 Å². The number of nitrogens with one attached hydrogen (secondary N) is 1. The molecular weight excluding hydrogens is 276 g/mol. The van der Waals surface area contributed by atoms with Gasteiger partial charge in [0.2, 0.25) is 0 Å². The van der Waals surface area contributed by atoms with Crippen LogP contribution in [0.25, 0.3) is 0 Å². The van der Waals surface area contributed by atoms with Gasteiger partial charge in [-0.2, -0.15) is 11.3 Å². The van der Waals surface area contributed by atoms with Gasteiger partial charge < -0.3 is 10.2 Å². The van der Waals surface area contributed by atoms with Crippen LogP contribution in [0.2, 0.25) is 0 Å². The second-order valence-corrected chi connectivity index (χ2v) is 7.94. The predicted molar refractivity (Wildman–Crippen MR) is 93.9 cm³/mol. The standard InChI is InChI=1S/C18H32N2S/c1-4-10-19-14-18(8-5-16(2)6-9-18)15-20(3)12-17-7-11-21-13-17/h7,11,13,16,19H,4-6,8-10,12,14-15H2,1-3H3. The fourth-order valence-corrected chi connectivity index (χ4v) is 4.28. The van der Waals surface area contributed by atoms with Gasteiger partial charge in [0.15, 0.2) is 0 Å². The van der Waals surface area contributed by atoms with Crippen molar-refractivity contribution in [1.82, 2.24) is 10.2 Å². The van der Waals surface area contributed by atoms with Gasteiger partial charge in [0.05, 0.1) is 0 Å². The van der Waals surface area contributed by atoms with E-state index in [0.717, 1.165) is 19.0 Å². The average Bonchev–Trinajstić information content (AvgIpc) is 2.95. The highest BCUT2D eigenvalue weighted by atomic mass is 32.1. The fraction of sp³-hybridized carbons (Fsp3) is 0.778. The molecule has 1 N–H and O–H groups in total. The zero-order valence-electron chi connectivity index (χ0n) is 14.0. The molecule has 1 saturated carbocycles. The number of thiophene rings is 1. The molecule has 3 heteroatoms. The quantitative estimate of drug-likeness (QED) is 0.717. The van der Waals surface area contributed by atoms with E-state index in [2.05, 4.69) is 47.9 Å². The first-order valence-corrected chi connectivity index (χ1v) is 9.48. The van der Waals surface area contributed by atoms with Crippen LogP contribution in [0.1, 0.15) is 51.5 Å². The molecule has 0 saturated heterocycles. The van der Waals surface area contributed by atoms with Crippen molar-refractivity contribution in [3.8, 4) is 0 Å². The summed E-state index contributed by atoms with van der Waals surface area (Å²) in [5, 5.41) is 8.16.